The van der Waals surface area contributed by atoms with E-state index in [2.05, 4.69) is 33.7 Å². The first-order valence-corrected chi connectivity index (χ1v) is 9.95. The number of rotatable bonds is 3. The predicted molar refractivity (Wildman–Crippen MR) is 114 cm³/mol. The molecule has 4 rings (SSSR count). The third-order valence-electron chi connectivity index (χ3n) is 5.67. The number of benzene rings is 2. The molecule has 2 aromatic carbocycles. The van der Waals surface area contributed by atoms with E-state index in [1.54, 1.807) is 0 Å². The van der Waals surface area contributed by atoms with Crippen LogP contribution in [0.15, 0.2) is 42.5 Å². The van der Waals surface area contributed by atoms with Gasteiger partial charge >= 0.3 is 0 Å². The molecule has 1 amide bonds. The van der Waals surface area contributed by atoms with Crippen molar-refractivity contribution in [1.29, 1.82) is 0 Å². The molecule has 156 valence electrons. The van der Waals surface area contributed by atoms with E-state index in [1.807, 2.05) is 0 Å². The molecule has 2 aliphatic rings. The number of carbonyl (C=O) groups excluding carboxylic acids is 1. The monoisotopic (exact) mass is 419 g/mol. The standard InChI is InChI=1S/C22H26FN3O2.ClH/c23-17-7-4-16(5-8-17)22(28)25-21-19-14-18(26-12-10-24-11-13-26)9-6-15(19)2-1-3-20(21)27;/h4-9,14,20-21,24,27H,1-3,10-13H2,(H,25,28);1H/t20-,21-;/m0./s1. The summed E-state index contributed by atoms with van der Waals surface area (Å²) in [5.41, 5.74) is 3.66. The number of aliphatic hydroxyl groups is 1. The largest absolute Gasteiger partial charge is 0.391 e. The van der Waals surface area contributed by atoms with Crippen molar-refractivity contribution < 1.29 is 14.3 Å². The zero-order valence-corrected chi connectivity index (χ0v) is 17.1. The first-order chi connectivity index (χ1) is 13.6. The van der Waals surface area contributed by atoms with Crippen molar-refractivity contribution in [1.82, 2.24) is 10.6 Å². The minimum atomic E-state index is -0.649. The van der Waals surface area contributed by atoms with Crippen molar-refractivity contribution in [3.05, 3.63) is 65.0 Å². The van der Waals surface area contributed by atoms with Crippen molar-refractivity contribution in [2.75, 3.05) is 31.1 Å². The number of amides is 1. The summed E-state index contributed by atoms with van der Waals surface area (Å²) in [5.74, 6) is -0.679. The molecule has 2 atom stereocenters. The van der Waals surface area contributed by atoms with Gasteiger partial charge in [-0.25, -0.2) is 4.39 Å². The molecule has 5 nitrogen and oxygen atoms in total. The van der Waals surface area contributed by atoms with E-state index in [9.17, 15) is 14.3 Å². The molecule has 0 bridgehead atoms. The predicted octanol–water partition coefficient (Wildman–Crippen LogP) is 2.83. The van der Waals surface area contributed by atoms with Crippen LogP contribution in [0.4, 0.5) is 10.1 Å². The lowest BCUT2D eigenvalue weighted by Gasteiger charge is -2.31. The van der Waals surface area contributed by atoms with Crippen LogP contribution in [0.1, 0.15) is 40.4 Å². The van der Waals surface area contributed by atoms with Gasteiger partial charge in [-0.2, -0.15) is 0 Å². The minimum absolute atomic E-state index is 0. The number of fused-ring (bicyclic) bond motifs is 1. The Hall–Kier alpha value is -2.15. The van der Waals surface area contributed by atoms with Crippen LogP contribution in [0.3, 0.4) is 0 Å². The number of hydrogen-bond acceptors (Lipinski definition) is 4. The second-order valence-electron chi connectivity index (χ2n) is 7.54. The first-order valence-electron chi connectivity index (χ1n) is 9.95. The van der Waals surface area contributed by atoms with Crippen LogP contribution >= 0.6 is 12.4 Å². The summed E-state index contributed by atoms with van der Waals surface area (Å²) in [5, 5.41) is 17.1. The Labute approximate surface area is 176 Å². The maximum Gasteiger partial charge on any atom is 0.251 e. The molecule has 3 N–H and O–H groups in total. The highest BCUT2D eigenvalue weighted by atomic mass is 35.5. The van der Waals surface area contributed by atoms with Gasteiger partial charge in [0.1, 0.15) is 5.82 Å². The molecule has 29 heavy (non-hydrogen) atoms. The molecule has 1 aliphatic carbocycles. The smallest absolute Gasteiger partial charge is 0.251 e. The van der Waals surface area contributed by atoms with Gasteiger partial charge in [0.15, 0.2) is 0 Å². The van der Waals surface area contributed by atoms with Gasteiger partial charge < -0.3 is 20.6 Å². The minimum Gasteiger partial charge on any atom is -0.391 e. The van der Waals surface area contributed by atoms with Gasteiger partial charge in [0.05, 0.1) is 12.1 Å². The van der Waals surface area contributed by atoms with Gasteiger partial charge in [0.2, 0.25) is 0 Å². The second-order valence-corrected chi connectivity index (χ2v) is 7.54. The normalized spacial score (nSPS) is 21.5. The summed E-state index contributed by atoms with van der Waals surface area (Å²) < 4.78 is 13.2. The van der Waals surface area contributed by atoms with Crippen molar-refractivity contribution >= 4 is 24.0 Å². The number of aryl methyl sites for hydroxylation is 1. The zero-order chi connectivity index (χ0) is 19.5. The van der Waals surface area contributed by atoms with Crippen LogP contribution in [-0.2, 0) is 6.42 Å². The fourth-order valence-corrected chi connectivity index (χ4v) is 4.09. The van der Waals surface area contributed by atoms with E-state index in [0.717, 1.165) is 50.3 Å². The maximum absolute atomic E-state index is 13.2. The molecule has 0 radical (unpaired) electrons. The molecule has 1 heterocycles. The van der Waals surface area contributed by atoms with Crippen LogP contribution in [0.5, 0.6) is 0 Å². The summed E-state index contributed by atoms with van der Waals surface area (Å²) in [7, 11) is 0. The third-order valence-corrected chi connectivity index (χ3v) is 5.67. The number of anilines is 1. The van der Waals surface area contributed by atoms with Crippen LogP contribution in [0.2, 0.25) is 0 Å². The lowest BCUT2D eigenvalue weighted by molar-refractivity contribution is 0.0818. The highest BCUT2D eigenvalue weighted by Crippen LogP contribution is 2.32. The van der Waals surface area contributed by atoms with Gasteiger partial charge in [-0.05, 0) is 66.8 Å². The number of carbonyl (C=O) groups is 1. The van der Waals surface area contributed by atoms with Crippen molar-refractivity contribution in [2.24, 2.45) is 0 Å². The van der Waals surface area contributed by atoms with E-state index < -0.39 is 12.1 Å². The van der Waals surface area contributed by atoms with E-state index in [0.29, 0.717) is 12.0 Å². The molecule has 0 aromatic heterocycles. The number of nitrogens with one attached hydrogen (secondary N) is 2. The van der Waals surface area contributed by atoms with E-state index in [-0.39, 0.29) is 24.1 Å². The summed E-state index contributed by atoms with van der Waals surface area (Å²) in [6.07, 6.45) is 1.75. The highest BCUT2D eigenvalue weighted by molar-refractivity contribution is 5.94. The number of hydrogen-bond donors (Lipinski definition) is 3. The van der Waals surface area contributed by atoms with Crippen molar-refractivity contribution in [2.45, 2.75) is 31.4 Å². The summed E-state index contributed by atoms with van der Waals surface area (Å²) >= 11 is 0. The van der Waals surface area contributed by atoms with Crippen molar-refractivity contribution in [3.8, 4) is 0 Å². The molecule has 0 spiro atoms. The average Bonchev–Trinajstić information content (AvgIpc) is 2.87. The Kier molecular flexibility index (Phi) is 7.11. The summed E-state index contributed by atoms with van der Waals surface area (Å²) in [6, 6.07) is 11.4. The van der Waals surface area contributed by atoms with Gasteiger partial charge in [-0.1, -0.05) is 6.07 Å². The Bertz CT molecular complexity index is 840. The number of nitrogens with zero attached hydrogens (tertiary/aromatic N) is 1. The van der Waals surface area contributed by atoms with E-state index in [1.165, 1.54) is 29.8 Å². The highest BCUT2D eigenvalue weighted by Gasteiger charge is 2.29. The Morgan fingerprint density at radius 3 is 2.59 bits per heavy atom. The number of aliphatic hydroxyl groups excluding tert-OH is 1. The number of halogens is 2. The Balaban J connectivity index is 0.00000240. The topological polar surface area (TPSA) is 64.6 Å². The SMILES string of the molecule is Cl.O=C(N[C@H]1c2cc(N3CCNCC3)ccc2CCC[C@@H]1O)c1ccc(F)cc1. The first kappa shape index (κ1) is 21.6. The summed E-state index contributed by atoms with van der Waals surface area (Å²) in [4.78, 5) is 15.0. The van der Waals surface area contributed by atoms with E-state index in [4.69, 9.17) is 0 Å². The molecular weight excluding hydrogens is 393 g/mol. The van der Waals surface area contributed by atoms with Crippen molar-refractivity contribution in [3.63, 3.8) is 0 Å². The fraction of sp³-hybridized carbons (Fsp3) is 0.409. The quantitative estimate of drug-likeness (QED) is 0.669. The molecule has 1 aliphatic heterocycles. The lowest BCUT2D eigenvalue weighted by Crippen LogP contribution is -2.43. The molecule has 0 saturated carbocycles. The lowest BCUT2D eigenvalue weighted by atomic mass is 9.96. The Morgan fingerprint density at radius 1 is 1.14 bits per heavy atom. The second kappa shape index (κ2) is 9.57. The van der Waals surface area contributed by atoms with Crippen LogP contribution in [-0.4, -0.2) is 43.3 Å². The van der Waals surface area contributed by atoms with Crippen LogP contribution in [0.25, 0.3) is 0 Å². The zero-order valence-electron chi connectivity index (χ0n) is 16.2. The van der Waals surface area contributed by atoms with Gasteiger partial charge in [-0.3, -0.25) is 4.79 Å². The fourth-order valence-electron chi connectivity index (χ4n) is 4.09. The molecule has 1 fully saturated rings. The van der Waals surface area contributed by atoms with Gasteiger partial charge in [-0.15, -0.1) is 12.4 Å². The molecule has 2 aromatic rings. The molecule has 7 heteroatoms. The third kappa shape index (κ3) is 4.89. The van der Waals surface area contributed by atoms with Crippen LogP contribution in [0, 0.1) is 5.82 Å². The van der Waals surface area contributed by atoms with Crippen LogP contribution < -0.4 is 15.5 Å². The van der Waals surface area contributed by atoms with Gasteiger partial charge in [0.25, 0.3) is 5.91 Å². The molecule has 0 unspecified atom stereocenters. The average molecular weight is 420 g/mol. The summed E-state index contributed by atoms with van der Waals surface area (Å²) in [6.45, 7) is 3.77. The molecular formula is C22H27ClFN3O2. The molecule has 1 saturated heterocycles. The van der Waals surface area contributed by atoms with Gasteiger partial charge in [0, 0.05) is 37.4 Å². The Morgan fingerprint density at radius 2 is 1.86 bits per heavy atom. The van der Waals surface area contributed by atoms with E-state index >= 15 is 0 Å². The number of piperazine rings is 1. The maximum atomic E-state index is 13.2.